The van der Waals surface area contributed by atoms with Gasteiger partial charge in [0.05, 0.1) is 11.7 Å². The topological polar surface area (TPSA) is 55.3 Å². The Balaban J connectivity index is 1.48. The number of aromatic nitrogens is 2. The zero-order valence-electron chi connectivity index (χ0n) is 12.5. The van der Waals surface area contributed by atoms with Gasteiger partial charge in [0.15, 0.2) is 6.61 Å². The number of halogens is 1. The maximum absolute atomic E-state index is 12.9. The van der Waals surface area contributed by atoms with Crippen molar-refractivity contribution in [3.05, 3.63) is 53.9 Å². The summed E-state index contributed by atoms with van der Waals surface area (Å²) in [5.41, 5.74) is 2.10. The highest BCUT2D eigenvalue weighted by molar-refractivity contribution is 5.79. The van der Waals surface area contributed by atoms with Crippen LogP contribution in [-0.4, -0.2) is 33.4 Å². The number of ether oxygens (including phenoxy) is 1. The van der Waals surface area contributed by atoms with Gasteiger partial charge in [0.2, 0.25) is 0 Å². The van der Waals surface area contributed by atoms with Gasteiger partial charge in [0.1, 0.15) is 17.9 Å². The first-order valence-electron chi connectivity index (χ1n) is 7.70. The van der Waals surface area contributed by atoms with Crippen molar-refractivity contribution in [1.82, 2.24) is 14.9 Å². The van der Waals surface area contributed by atoms with E-state index in [0.717, 1.165) is 30.5 Å². The maximum Gasteiger partial charge on any atom is 0.261 e. The first kappa shape index (κ1) is 14.1. The molecule has 0 aliphatic carbocycles. The Morgan fingerprint density at radius 2 is 2.13 bits per heavy atom. The zero-order valence-corrected chi connectivity index (χ0v) is 12.5. The third-order valence-corrected chi connectivity index (χ3v) is 4.58. The molecule has 2 aliphatic heterocycles. The van der Waals surface area contributed by atoms with Crippen LogP contribution in [0.25, 0.3) is 0 Å². The zero-order chi connectivity index (χ0) is 15.8. The molecule has 4 rings (SSSR count). The molecule has 118 valence electrons. The van der Waals surface area contributed by atoms with Gasteiger partial charge in [0, 0.05) is 24.2 Å². The third kappa shape index (κ3) is 2.54. The van der Waals surface area contributed by atoms with Crippen molar-refractivity contribution < 1.29 is 13.9 Å². The maximum atomic E-state index is 12.9. The van der Waals surface area contributed by atoms with Crippen molar-refractivity contribution in [3.8, 4) is 5.75 Å². The van der Waals surface area contributed by atoms with Gasteiger partial charge in [-0.1, -0.05) is 0 Å². The van der Waals surface area contributed by atoms with E-state index in [0.29, 0.717) is 5.75 Å². The first-order valence-corrected chi connectivity index (χ1v) is 7.70. The third-order valence-electron chi connectivity index (χ3n) is 4.58. The van der Waals surface area contributed by atoms with Gasteiger partial charge in [-0.05, 0) is 37.1 Å². The summed E-state index contributed by atoms with van der Waals surface area (Å²) in [6.45, 7) is -0.0400. The van der Waals surface area contributed by atoms with E-state index in [-0.39, 0.29) is 30.4 Å². The van der Waals surface area contributed by atoms with Crippen molar-refractivity contribution in [1.29, 1.82) is 0 Å². The lowest BCUT2D eigenvalue weighted by molar-refractivity contribution is -0.137. The van der Waals surface area contributed by atoms with E-state index in [2.05, 4.69) is 9.97 Å². The molecule has 5 nitrogen and oxygen atoms in total. The Morgan fingerprint density at radius 3 is 2.96 bits per heavy atom. The van der Waals surface area contributed by atoms with E-state index < -0.39 is 0 Å². The molecule has 1 aromatic heterocycles. The minimum atomic E-state index is -0.325. The van der Waals surface area contributed by atoms with Gasteiger partial charge in [-0.15, -0.1) is 0 Å². The molecule has 3 heterocycles. The smallest absolute Gasteiger partial charge is 0.261 e. The Labute approximate surface area is 133 Å². The van der Waals surface area contributed by atoms with Crippen LogP contribution in [0.3, 0.4) is 0 Å². The van der Waals surface area contributed by atoms with Crippen LogP contribution in [0.4, 0.5) is 4.39 Å². The van der Waals surface area contributed by atoms with Crippen molar-refractivity contribution >= 4 is 5.91 Å². The largest absolute Gasteiger partial charge is 0.484 e. The molecule has 2 unspecified atom stereocenters. The summed E-state index contributed by atoms with van der Waals surface area (Å²) in [5, 5.41) is 0. The van der Waals surface area contributed by atoms with Gasteiger partial charge in [-0.3, -0.25) is 4.79 Å². The molecule has 0 saturated carbocycles. The molecule has 2 bridgehead atoms. The molecule has 1 aromatic carbocycles. The molecule has 1 amide bonds. The highest BCUT2D eigenvalue weighted by Gasteiger charge is 2.43. The number of hydrogen-bond donors (Lipinski definition) is 0. The lowest BCUT2D eigenvalue weighted by Crippen LogP contribution is -2.44. The van der Waals surface area contributed by atoms with E-state index in [4.69, 9.17) is 4.74 Å². The van der Waals surface area contributed by atoms with Gasteiger partial charge in [-0.2, -0.15) is 0 Å². The van der Waals surface area contributed by atoms with Crippen LogP contribution in [0.2, 0.25) is 0 Å². The van der Waals surface area contributed by atoms with E-state index in [9.17, 15) is 9.18 Å². The number of carbonyl (C=O) groups is 1. The van der Waals surface area contributed by atoms with E-state index >= 15 is 0 Å². The van der Waals surface area contributed by atoms with Crippen LogP contribution in [0.1, 0.15) is 30.1 Å². The SMILES string of the molecule is O=C(COc1ccc(F)cc1)N1C2CCC1c1cncnc1C2. The summed E-state index contributed by atoms with van der Waals surface area (Å²) in [4.78, 5) is 22.9. The van der Waals surface area contributed by atoms with Crippen LogP contribution in [0.5, 0.6) is 5.75 Å². The summed E-state index contributed by atoms with van der Waals surface area (Å²) < 4.78 is 18.4. The lowest BCUT2D eigenvalue weighted by Gasteiger charge is -2.35. The monoisotopic (exact) mass is 313 g/mol. The van der Waals surface area contributed by atoms with Crippen molar-refractivity contribution in [2.75, 3.05) is 6.61 Å². The van der Waals surface area contributed by atoms with Crippen molar-refractivity contribution in [2.45, 2.75) is 31.3 Å². The predicted octanol–water partition coefficient (Wildman–Crippen LogP) is 2.28. The molecule has 2 aliphatic rings. The number of carbonyl (C=O) groups excluding carboxylic acids is 1. The Bertz CT molecular complexity index is 735. The van der Waals surface area contributed by atoms with Crippen LogP contribution >= 0.6 is 0 Å². The number of benzene rings is 1. The highest BCUT2D eigenvalue weighted by Crippen LogP contribution is 2.42. The van der Waals surface area contributed by atoms with Gasteiger partial charge in [0.25, 0.3) is 5.91 Å². The summed E-state index contributed by atoms with van der Waals surface area (Å²) in [5.74, 6) is 0.124. The first-order chi connectivity index (χ1) is 11.2. The number of nitrogens with zero attached hydrogens (tertiary/aromatic N) is 3. The van der Waals surface area contributed by atoms with Crippen LogP contribution in [0, 0.1) is 5.82 Å². The minimum Gasteiger partial charge on any atom is -0.484 e. The molecule has 0 radical (unpaired) electrons. The fourth-order valence-electron chi connectivity index (χ4n) is 3.55. The average Bonchev–Trinajstić information content (AvgIpc) is 2.89. The second kappa shape index (κ2) is 5.61. The van der Waals surface area contributed by atoms with E-state index in [1.54, 1.807) is 6.33 Å². The molecule has 6 heteroatoms. The molecule has 1 saturated heterocycles. The van der Waals surface area contributed by atoms with Crippen molar-refractivity contribution in [2.24, 2.45) is 0 Å². The van der Waals surface area contributed by atoms with E-state index in [1.165, 1.54) is 24.3 Å². The number of fused-ring (bicyclic) bond motifs is 4. The number of hydrogen-bond acceptors (Lipinski definition) is 4. The summed E-state index contributed by atoms with van der Waals surface area (Å²) in [6.07, 6.45) is 6.07. The molecule has 2 aromatic rings. The fraction of sp³-hybridized carbons (Fsp3) is 0.353. The molecular formula is C17H16FN3O2. The van der Waals surface area contributed by atoms with Crippen LogP contribution in [0.15, 0.2) is 36.8 Å². The quantitative estimate of drug-likeness (QED) is 0.872. The normalized spacial score (nSPS) is 21.9. The second-order valence-corrected chi connectivity index (χ2v) is 5.92. The standard InChI is InChI=1S/C17H16FN3O2/c18-11-1-4-13(5-2-11)23-9-17(22)21-12-3-6-16(21)14-8-19-10-20-15(14)7-12/h1-2,4-5,8,10,12,16H,3,6-7,9H2. The van der Waals surface area contributed by atoms with Gasteiger partial charge < -0.3 is 9.64 Å². The van der Waals surface area contributed by atoms with E-state index in [1.807, 2.05) is 11.1 Å². The molecule has 23 heavy (non-hydrogen) atoms. The van der Waals surface area contributed by atoms with Crippen LogP contribution in [-0.2, 0) is 11.2 Å². The fourth-order valence-corrected chi connectivity index (χ4v) is 3.55. The van der Waals surface area contributed by atoms with Gasteiger partial charge >= 0.3 is 0 Å². The minimum absolute atomic E-state index is 0.0400. The van der Waals surface area contributed by atoms with Gasteiger partial charge in [-0.25, -0.2) is 14.4 Å². The molecule has 2 atom stereocenters. The molecule has 0 N–H and O–H groups in total. The van der Waals surface area contributed by atoms with Crippen LogP contribution < -0.4 is 4.74 Å². The average molecular weight is 313 g/mol. The predicted molar refractivity (Wildman–Crippen MR) is 80.2 cm³/mol. The Morgan fingerprint density at radius 1 is 1.30 bits per heavy atom. The second-order valence-electron chi connectivity index (χ2n) is 5.92. The summed E-state index contributed by atoms with van der Waals surface area (Å²) in [7, 11) is 0. The molecule has 0 spiro atoms. The number of rotatable bonds is 3. The lowest BCUT2D eigenvalue weighted by atomic mass is 9.99. The number of amides is 1. The molecular weight excluding hydrogens is 297 g/mol. The Kier molecular flexibility index (Phi) is 3.44. The molecule has 1 fully saturated rings. The summed E-state index contributed by atoms with van der Waals surface area (Å²) >= 11 is 0. The highest BCUT2D eigenvalue weighted by atomic mass is 19.1. The van der Waals surface area contributed by atoms with Crippen molar-refractivity contribution in [3.63, 3.8) is 0 Å². The summed E-state index contributed by atoms with van der Waals surface area (Å²) in [6, 6.07) is 5.92. The Hall–Kier alpha value is -2.50.